The van der Waals surface area contributed by atoms with Crippen LogP contribution >= 0.6 is 35.3 Å². The lowest BCUT2D eigenvalue weighted by Gasteiger charge is -2.17. The van der Waals surface area contributed by atoms with E-state index in [1.165, 1.54) is 12.1 Å². The molecule has 8 heteroatoms. The zero-order chi connectivity index (χ0) is 17.4. The van der Waals surface area contributed by atoms with Crippen molar-refractivity contribution in [2.75, 3.05) is 20.1 Å². The van der Waals surface area contributed by atoms with Gasteiger partial charge in [-0.2, -0.15) is 0 Å². The summed E-state index contributed by atoms with van der Waals surface area (Å²) in [4.78, 5) is 8.61. The van der Waals surface area contributed by atoms with Crippen molar-refractivity contribution in [1.29, 1.82) is 0 Å². The highest BCUT2D eigenvalue weighted by molar-refractivity contribution is 14.0. The van der Waals surface area contributed by atoms with Gasteiger partial charge >= 0.3 is 0 Å². The van der Waals surface area contributed by atoms with Crippen molar-refractivity contribution in [2.24, 2.45) is 4.99 Å². The minimum atomic E-state index is -0.303. The van der Waals surface area contributed by atoms with Gasteiger partial charge in [0.1, 0.15) is 17.7 Å². The van der Waals surface area contributed by atoms with Crippen LogP contribution in [0.3, 0.4) is 0 Å². The largest absolute Gasteiger partial charge is 0.489 e. The SMILES string of the molecule is CN=C(NCCc1csc(C)n1)NCC(C)Oc1cccc(F)c1.I. The van der Waals surface area contributed by atoms with Gasteiger partial charge < -0.3 is 15.4 Å². The molecule has 5 nitrogen and oxygen atoms in total. The van der Waals surface area contributed by atoms with Gasteiger partial charge in [0.2, 0.25) is 0 Å². The normalized spacial score (nSPS) is 12.2. The number of aromatic nitrogens is 1. The van der Waals surface area contributed by atoms with Crippen molar-refractivity contribution in [3.05, 3.63) is 46.2 Å². The molecule has 0 amide bonds. The molecule has 1 aromatic heterocycles. The van der Waals surface area contributed by atoms with Gasteiger partial charge in [-0.1, -0.05) is 6.07 Å². The van der Waals surface area contributed by atoms with Gasteiger partial charge in [-0.05, 0) is 26.0 Å². The molecule has 0 aliphatic heterocycles. The number of benzene rings is 1. The van der Waals surface area contributed by atoms with Crippen LogP contribution in [0.4, 0.5) is 4.39 Å². The number of aliphatic imine (C=N–C) groups is 1. The van der Waals surface area contributed by atoms with Crippen molar-refractivity contribution >= 4 is 41.3 Å². The molecule has 0 bridgehead atoms. The summed E-state index contributed by atoms with van der Waals surface area (Å²) in [5.41, 5.74) is 1.09. The average molecular weight is 478 g/mol. The number of ether oxygens (including phenoxy) is 1. The molecule has 1 atom stereocenters. The van der Waals surface area contributed by atoms with Crippen molar-refractivity contribution in [2.45, 2.75) is 26.4 Å². The fraction of sp³-hybridized carbons (Fsp3) is 0.412. The zero-order valence-corrected chi connectivity index (χ0v) is 17.7. The molecule has 0 saturated heterocycles. The Hall–Kier alpha value is -1.42. The van der Waals surface area contributed by atoms with E-state index in [0.717, 1.165) is 23.7 Å². The molecule has 0 spiro atoms. The lowest BCUT2D eigenvalue weighted by molar-refractivity contribution is 0.223. The number of thiazole rings is 1. The number of guanidine groups is 1. The first-order chi connectivity index (χ1) is 11.6. The second kappa shape index (κ2) is 11.2. The smallest absolute Gasteiger partial charge is 0.191 e. The topological polar surface area (TPSA) is 58.5 Å². The second-order valence-corrected chi connectivity index (χ2v) is 6.44. The molecule has 0 saturated carbocycles. The Labute approximate surface area is 169 Å². The van der Waals surface area contributed by atoms with Gasteiger partial charge in [0.25, 0.3) is 0 Å². The Morgan fingerprint density at radius 1 is 1.40 bits per heavy atom. The Morgan fingerprint density at radius 3 is 2.84 bits per heavy atom. The van der Waals surface area contributed by atoms with E-state index in [1.807, 2.05) is 13.8 Å². The predicted molar refractivity (Wildman–Crippen MR) is 112 cm³/mol. The monoisotopic (exact) mass is 478 g/mol. The molecule has 0 radical (unpaired) electrons. The summed E-state index contributed by atoms with van der Waals surface area (Å²) in [6.45, 7) is 5.24. The van der Waals surface area contributed by atoms with E-state index in [1.54, 1.807) is 30.5 Å². The lowest BCUT2D eigenvalue weighted by atomic mass is 10.3. The number of hydrogen-bond acceptors (Lipinski definition) is 4. The van der Waals surface area contributed by atoms with Crippen molar-refractivity contribution in [3.63, 3.8) is 0 Å². The Bertz CT molecular complexity index is 680. The maximum Gasteiger partial charge on any atom is 0.191 e. The molecular weight excluding hydrogens is 454 g/mol. The molecule has 138 valence electrons. The summed E-state index contributed by atoms with van der Waals surface area (Å²) in [6.07, 6.45) is 0.729. The highest BCUT2D eigenvalue weighted by Crippen LogP contribution is 2.13. The average Bonchev–Trinajstić information content (AvgIpc) is 2.96. The molecule has 0 aliphatic carbocycles. The van der Waals surface area contributed by atoms with Gasteiger partial charge in [0.15, 0.2) is 5.96 Å². The van der Waals surface area contributed by atoms with E-state index >= 15 is 0 Å². The van der Waals surface area contributed by atoms with Crippen LogP contribution in [0.5, 0.6) is 5.75 Å². The molecule has 1 aromatic carbocycles. The van der Waals surface area contributed by atoms with E-state index in [9.17, 15) is 4.39 Å². The predicted octanol–water partition coefficient (Wildman–Crippen LogP) is 3.38. The van der Waals surface area contributed by atoms with Crippen molar-refractivity contribution in [3.8, 4) is 5.75 Å². The molecule has 1 heterocycles. The minimum absolute atomic E-state index is 0. The summed E-state index contributed by atoms with van der Waals surface area (Å²) < 4.78 is 18.8. The number of nitrogens with one attached hydrogen (secondary N) is 2. The van der Waals surface area contributed by atoms with Gasteiger partial charge in [-0.25, -0.2) is 9.37 Å². The summed E-state index contributed by atoms with van der Waals surface area (Å²) in [5, 5.41) is 9.59. The van der Waals surface area contributed by atoms with Gasteiger partial charge in [0.05, 0.1) is 17.2 Å². The van der Waals surface area contributed by atoms with Crippen LogP contribution in [-0.2, 0) is 6.42 Å². The maximum atomic E-state index is 13.1. The van der Waals surface area contributed by atoms with Gasteiger partial charge in [0, 0.05) is 31.5 Å². The summed E-state index contributed by atoms with van der Waals surface area (Å²) in [6, 6.07) is 6.14. The number of rotatable bonds is 7. The van der Waals surface area contributed by atoms with Crippen LogP contribution in [0.15, 0.2) is 34.6 Å². The van der Waals surface area contributed by atoms with Gasteiger partial charge in [-0.3, -0.25) is 4.99 Å². The van der Waals surface area contributed by atoms with Crippen LogP contribution in [0.1, 0.15) is 17.6 Å². The fourth-order valence-corrected chi connectivity index (χ4v) is 2.75. The molecule has 1 unspecified atom stereocenters. The minimum Gasteiger partial charge on any atom is -0.489 e. The molecule has 2 N–H and O–H groups in total. The van der Waals surface area contributed by atoms with Crippen LogP contribution in [-0.4, -0.2) is 37.2 Å². The standard InChI is InChI=1S/C17H23FN4OS.HI/c1-12(23-16-6-4-5-14(18)9-16)10-21-17(19-3)20-8-7-15-11-24-13(2)22-15;/h4-6,9,11-12H,7-8,10H2,1-3H3,(H2,19,20,21);1H. The molecule has 25 heavy (non-hydrogen) atoms. The van der Waals surface area contributed by atoms with E-state index in [2.05, 4.69) is 26.0 Å². The molecule has 2 rings (SSSR count). The Kier molecular flexibility index (Phi) is 9.73. The lowest BCUT2D eigenvalue weighted by Crippen LogP contribution is -2.42. The molecule has 0 aliphatic rings. The molecular formula is C17H24FIN4OS. The van der Waals surface area contributed by atoms with E-state index in [0.29, 0.717) is 18.3 Å². The van der Waals surface area contributed by atoms with Crippen molar-refractivity contribution in [1.82, 2.24) is 15.6 Å². The number of halogens is 2. The third-order valence-corrected chi connectivity index (χ3v) is 4.08. The second-order valence-electron chi connectivity index (χ2n) is 5.37. The summed E-state index contributed by atoms with van der Waals surface area (Å²) >= 11 is 1.66. The quantitative estimate of drug-likeness (QED) is 0.364. The first-order valence-corrected chi connectivity index (χ1v) is 8.72. The molecule has 0 fully saturated rings. The van der Waals surface area contributed by atoms with Crippen LogP contribution in [0.25, 0.3) is 0 Å². The van der Waals surface area contributed by atoms with Crippen LogP contribution in [0.2, 0.25) is 0 Å². The van der Waals surface area contributed by atoms with E-state index in [-0.39, 0.29) is 35.9 Å². The van der Waals surface area contributed by atoms with Crippen LogP contribution < -0.4 is 15.4 Å². The Morgan fingerprint density at radius 2 is 2.20 bits per heavy atom. The maximum absolute atomic E-state index is 13.1. The first kappa shape index (κ1) is 21.6. The van der Waals surface area contributed by atoms with E-state index < -0.39 is 0 Å². The Balaban J connectivity index is 0.00000312. The summed E-state index contributed by atoms with van der Waals surface area (Å²) in [5.74, 6) is 0.921. The third kappa shape index (κ3) is 8.00. The summed E-state index contributed by atoms with van der Waals surface area (Å²) in [7, 11) is 1.72. The van der Waals surface area contributed by atoms with Crippen molar-refractivity contribution < 1.29 is 9.13 Å². The van der Waals surface area contributed by atoms with Crippen LogP contribution in [0, 0.1) is 12.7 Å². The zero-order valence-electron chi connectivity index (χ0n) is 14.6. The fourth-order valence-electron chi connectivity index (χ4n) is 2.11. The number of aryl methyl sites for hydroxylation is 1. The van der Waals surface area contributed by atoms with E-state index in [4.69, 9.17) is 4.74 Å². The highest BCUT2D eigenvalue weighted by atomic mass is 127. The number of hydrogen-bond donors (Lipinski definition) is 2. The highest BCUT2D eigenvalue weighted by Gasteiger charge is 2.06. The first-order valence-electron chi connectivity index (χ1n) is 7.84. The molecule has 2 aromatic rings. The third-order valence-electron chi connectivity index (χ3n) is 3.25. The number of nitrogens with zero attached hydrogens (tertiary/aromatic N) is 2. The van der Waals surface area contributed by atoms with Gasteiger partial charge in [-0.15, -0.1) is 35.3 Å².